The monoisotopic (exact) mass is 119 g/mol. The van der Waals surface area contributed by atoms with E-state index in [1.165, 1.54) is 0 Å². The molecule has 1 saturated heterocycles. The standard InChI is InChI=1S/C4H9NOS/c1-4(5)2-7(6)3-4/h2-3,5H2,1H3. The van der Waals surface area contributed by atoms with E-state index in [4.69, 9.17) is 5.73 Å². The first kappa shape index (κ1) is 5.41. The van der Waals surface area contributed by atoms with Crippen LogP contribution in [0.2, 0.25) is 0 Å². The molecule has 7 heavy (non-hydrogen) atoms. The van der Waals surface area contributed by atoms with Crippen molar-refractivity contribution in [1.29, 1.82) is 0 Å². The highest BCUT2D eigenvalue weighted by Crippen LogP contribution is 2.18. The van der Waals surface area contributed by atoms with Crippen LogP contribution in [0.5, 0.6) is 0 Å². The summed E-state index contributed by atoms with van der Waals surface area (Å²) in [6, 6.07) is 0. The molecule has 2 N–H and O–H groups in total. The first-order valence-electron chi connectivity index (χ1n) is 2.24. The summed E-state index contributed by atoms with van der Waals surface area (Å²) in [5.41, 5.74) is 5.41. The molecule has 0 aromatic heterocycles. The Bertz CT molecular complexity index is 75.8. The van der Waals surface area contributed by atoms with Crippen molar-refractivity contribution in [2.24, 2.45) is 5.73 Å². The fourth-order valence-electron chi connectivity index (χ4n) is 0.693. The van der Waals surface area contributed by atoms with Crippen LogP contribution in [0.25, 0.3) is 0 Å². The molecule has 42 valence electrons. The zero-order valence-corrected chi connectivity index (χ0v) is 5.12. The fraction of sp³-hybridized carbons (Fsp3) is 1.00. The van der Waals surface area contributed by atoms with Gasteiger partial charge < -0.3 is 10.3 Å². The van der Waals surface area contributed by atoms with Gasteiger partial charge in [-0.3, -0.25) is 0 Å². The van der Waals surface area contributed by atoms with Gasteiger partial charge in [-0.05, 0) is 18.1 Å². The Labute approximate surface area is 46.3 Å². The van der Waals surface area contributed by atoms with Crippen LogP contribution in [-0.4, -0.2) is 21.6 Å². The third-order valence-electron chi connectivity index (χ3n) is 0.981. The summed E-state index contributed by atoms with van der Waals surface area (Å²) >= 11 is -0.586. The van der Waals surface area contributed by atoms with Crippen molar-refractivity contribution in [3.63, 3.8) is 0 Å². The smallest absolute Gasteiger partial charge is 0.127 e. The Morgan fingerprint density at radius 2 is 2.14 bits per heavy atom. The number of nitrogens with two attached hydrogens (primary N) is 1. The van der Waals surface area contributed by atoms with Crippen LogP contribution >= 0.6 is 0 Å². The Kier molecular flexibility index (Phi) is 1.06. The van der Waals surface area contributed by atoms with Crippen molar-refractivity contribution in [2.45, 2.75) is 12.5 Å². The molecule has 0 atom stereocenters. The molecule has 0 saturated carbocycles. The maximum Gasteiger partial charge on any atom is 0.127 e. The van der Waals surface area contributed by atoms with Crippen LogP contribution in [0.3, 0.4) is 0 Å². The summed E-state index contributed by atoms with van der Waals surface area (Å²) in [6.07, 6.45) is 0. The molecule has 0 aromatic rings. The van der Waals surface area contributed by atoms with Crippen LogP contribution in [-0.2, 0) is 11.2 Å². The lowest BCUT2D eigenvalue weighted by Crippen LogP contribution is -2.59. The highest BCUT2D eigenvalue weighted by Gasteiger charge is 2.40. The van der Waals surface area contributed by atoms with Gasteiger partial charge in [0.05, 0.1) is 0 Å². The van der Waals surface area contributed by atoms with Gasteiger partial charge in [0, 0.05) is 0 Å². The topological polar surface area (TPSA) is 49.1 Å². The summed E-state index contributed by atoms with van der Waals surface area (Å²) in [4.78, 5) is 0. The molecular formula is C4H9NOS. The number of rotatable bonds is 0. The van der Waals surface area contributed by atoms with E-state index in [0.717, 1.165) is 0 Å². The van der Waals surface area contributed by atoms with E-state index in [1.807, 2.05) is 6.92 Å². The van der Waals surface area contributed by atoms with Gasteiger partial charge in [-0.25, -0.2) is 0 Å². The molecule has 0 aromatic carbocycles. The van der Waals surface area contributed by atoms with E-state index in [2.05, 4.69) is 0 Å². The summed E-state index contributed by atoms with van der Waals surface area (Å²) in [5, 5.41) is 0. The zero-order chi connectivity index (χ0) is 5.49. The fourth-order valence-corrected chi connectivity index (χ4v) is 2.08. The largest absolute Gasteiger partial charge is 0.616 e. The van der Waals surface area contributed by atoms with E-state index in [1.54, 1.807) is 0 Å². The molecule has 0 aliphatic carbocycles. The first-order valence-corrected chi connectivity index (χ1v) is 3.73. The second-order valence-corrected chi connectivity index (χ2v) is 3.84. The van der Waals surface area contributed by atoms with Gasteiger partial charge in [0.25, 0.3) is 0 Å². The SMILES string of the molecule is CC1(N)C[S+]([O-])C1. The van der Waals surface area contributed by atoms with Crippen LogP contribution in [0, 0.1) is 0 Å². The van der Waals surface area contributed by atoms with Crippen molar-refractivity contribution < 1.29 is 4.55 Å². The molecular weight excluding hydrogens is 110 g/mol. The number of hydrogen-bond acceptors (Lipinski definition) is 2. The van der Waals surface area contributed by atoms with Gasteiger partial charge in [0.15, 0.2) is 0 Å². The highest BCUT2D eigenvalue weighted by molar-refractivity contribution is 7.93. The molecule has 2 nitrogen and oxygen atoms in total. The third kappa shape index (κ3) is 1.08. The van der Waals surface area contributed by atoms with E-state index in [0.29, 0.717) is 11.5 Å². The molecule has 1 aliphatic heterocycles. The van der Waals surface area contributed by atoms with Crippen LogP contribution in [0.15, 0.2) is 0 Å². The average molecular weight is 119 g/mol. The van der Waals surface area contributed by atoms with Crippen molar-refractivity contribution in [3.8, 4) is 0 Å². The lowest BCUT2D eigenvalue weighted by atomic mass is 10.1. The van der Waals surface area contributed by atoms with Gasteiger partial charge in [-0.1, -0.05) is 0 Å². The van der Waals surface area contributed by atoms with Crippen molar-refractivity contribution in [2.75, 3.05) is 11.5 Å². The molecule has 0 unspecified atom stereocenters. The van der Waals surface area contributed by atoms with Gasteiger partial charge in [0.1, 0.15) is 17.0 Å². The number of hydrogen-bond donors (Lipinski definition) is 1. The minimum absolute atomic E-state index is 0.106. The molecule has 0 amide bonds. The third-order valence-corrected chi connectivity index (χ3v) is 2.94. The van der Waals surface area contributed by atoms with Crippen molar-refractivity contribution >= 4 is 11.2 Å². The molecule has 1 aliphatic rings. The van der Waals surface area contributed by atoms with Crippen LogP contribution in [0.1, 0.15) is 6.92 Å². The lowest BCUT2D eigenvalue weighted by molar-refractivity contribution is 0.488. The summed E-state index contributed by atoms with van der Waals surface area (Å²) in [6.45, 7) is 1.92. The molecule has 1 heterocycles. The van der Waals surface area contributed by atoms with Gasteiger partial charge in [-0.2, -0.15) is 0 Å². The van der Waals surface area contributed by atoms with E-state index < -0.39 is 11.2 Å². The van der Waals surface area contributed by atoms with Gasteiger partial charge in [-0.15, -0.1) is 0 Å². The normalized spacial score (nSPS) is 51.0. The molecule has 0 spiro atoms. The minimum atomic E-state index is -0.586. The maximum atomic E-state index is 10.3. The molecule has 1 fully saturated rings. The Morgan fingerprint density at radius 1 is 1.71 bits per heavy atom. The van der Waals surface area contributed by atoms with Crippen LogP contribution < -0.4 is 5.73 Å². The Hall–Kier alpha value is 0.270. The maximum absolute atomic E-state index is 10.3. The highest BCUT2D eigenvalue weighted by atomic mass is 32.2. The predicted molar refractivity (Wildman–Crippen MR) is 30.5 cm³/mol. The van der Waals surface area contributed by atoms with Gasteiger partial charge in [0.2, 0.25) is 0 Å². The van der Waals surface area contributed by atoms with Crippen LogP contribution in [0.4, 0.5) is 0 Å². The zero-order valence-electron chi connectivity index (χ0n) is 4.31. The summed E-state index contributed by atoms with van der Waals surface area (Å²) < 4.78 is 10.3. The van der Waals surface area contributed by atoms with Gasteiger partial charge >= 0.3 is 0 Å². The quantitative estimate of drug-likeness (QED) is 0.436. The summed E-state index contributed by atoms with van der Waals surface area (Å²) in [7, 11) is 0. The van der Waals surface area contributed by atoms with Crippen molar-refractivity contribution in [1.82, 2.24) is 0 Å². The van der Waals surface area contributed by atoms with Crippen molar-refractivity contribution in [3.05, 3.63) is 0 Å². The molecule has 1 rings (SSSR count). The predicted octanol–water partition coefficient (Wildman–Crippen LogP) is -0.534. The first-order chi connectivity index (χ1) is 3.10. The second kappa shape index (κ2) is 1.37. The van der Waals surface area contributed by atoms with E-state index >= 15 is 0 Å². The van der Waals surface area contributed by atoms with E-state index in [-0.39, 0.29) is 5.54 Å². The average Bonchev–Trinajstić information content (AvgIpc) is 1.27. The molecule has 0 bridgehead atoms. The summed E-state index contributed by atoms with van der Waals surface area (Å²) in [5.74, 6) is 1.38. The Balaban J connectivity index is 2.29. The molecule has 0 radical (unpaired) electrons. The Morgan fingerprint density at radius 3 is 2.14 bits per heavy atom. The van der Waals surface area contributed by atoms with E-state index in [9.17, 15) is 4.55 Å². The molecule has 3 heteroatoms. The second-order valence-electron chi connectivity index (χ2n) is 2.38. The minimum Gasteiger partial charge on any atom is -0.616 e. The lowest BCUT2D eigenvalue weighted by Gasteiger charge is -2.35.